The largest absolute Gasteiger partial charge is 0.493 e. The molecule has 2 aromatic rings. The first-order chi connectivity index (χ1) is 12.0. The number of hydrazine groups is 1. The van der Waals surface area contributed by atoms with Crippen molar-refractivity contribution in [3.63, 3.8) is 0 Å². The van der Waals surface area contributed by atoms with Crippen LogP contribution < -0.4 is 20.3 Å². The van der Waals surface area contributed by atoms with Gasteiger partial charge in [0.1, 0.15) is 0 Å². The molecule has 0 aromatic heterocycles. The zero-order valence-electron chi connectivity index (χ0n) is 14.3. The Morgan fingerprint density at radius 2 is 1.60 bits per heavy atom. The maximum absolute atomic E-state index is 12.1. The number of methoxy groups -OCH3 is 2. The highest BCUT2D eigenvalue weighted by Crippen LogP contribution is 2.27. The second kappa shape index (κ2) is 8.54. The van der Waals surface area contributed by atoms with Crippen molar-refractivity contribution >= 4 is 17.9 Å². The number of hydrogen-bond donors (Lipinski definition) is 2. The average molecular weight is 340 g/mol. The number of carbonyl (C=O) groups excluding carboxylic acids is 2. The molecule has 0 aliphatic heterocycles. The van der Waals surface area contributed by atoms with Crippen LogP contribution in [0, 0.1) is 6.92 Å². The molecule has 0 aliphatic rings. The van der Waals surface area contributed by atoms with Crippen LogP contribution in [0.5, 0.6) is 11.5 Å². The summed E-state index contributed by atoms with van der Waals surface area (Å²) in [5.74, 6) is 0.0531. The first-order valence-electron chi connectivity index (χ1n) is 7.60. The first-order valence-corrected chi connectivity index (χ1v) is 7.60. The van der Waals surface area contributed by atoms with Crippen molar-refractivity contribution in [2.24, 2.45) is 0 Å². The van der Waals surface area contributed by atoms with Crippen LogP contribution in [0.4, 0.5) is 0 Å². The summed E-state index contributed by atoms with van der Waals surface area (Å²) in [4.78, 5) is 23.9. The molecule has 0 bridgehead atoms. The molecule has 0 aliphatic carbocycles. The minimum atomic E-state index is -0.460. The molecule has 2 N–H and O–H groups in total. The van der Waals surface area contributed by atoms with Crippen LogP contribution >= 0.6 is 0 Å². The van der Waals surface area contributed by atoms with Gasteiger partial charge in [0.25, 0.3) is 11.8 Å². The van der Waals surface area contributed by atoms with Gasteiger partial charge in [-0.2, -0.15) is 0 Å². The van der Waals surface area contributed by atoms with E-state index in [1.165, 1.54) is 26.4 Å². The van der Waals surface area contributed by atoms with Crippen molar-refractivity contribution in [3.8, 4) is 11.5 Å². The molecule has 0 fully saturated rings. The van der Waals surface area contributed by atoms with Gasteiger partial charge in [0.2, 0.25) is 0 Å². The Morgan fingerprint density at radius 3 is 2.24 bits per heavy atom. The van der Waals surface area contributed by atoms with Crippen molar-refractivity contribution in [1.29, 1.82) is 0 Å². The van der Waals surface area contributed by atoms with Gasteiger partial charge in [0.15, 0.2) is 11.5 Å². The van der Waals surface area contributed by atoms with Gasteiger partial charge in [-0.3, -0.25) is 20.4 Å². The smallest absolute Gasteiger partial charge is 0.269 e. The fourth-order valence-electron chi connectivity index (χ4n) is 2.06. The summed E-state index contributed by atoms with van der Waals surface area (Å²) in [6.07, 6.45) is 3.01. The van der Waals surface area contributed by atoms with E-state index in [1.807, 2.05) is 31.2 Å². The molecule has 0 unspecified atom stereocenters. The van der Waals surface area contributed by atoms with E-state index in [9.17, 15) is 9.59 Å². The molecule has 2 aromatic carbocycles. The van der Waals surface area contributed by atoms with Crippen LogP contribution in [0.2, 0.25) is 0 Å². The Morgan fingerprint density at radius 1 is 0.920 bits per heavy atom. The molecule has 6 nitrogen and oxygen atoms in total. The van der Waals surface area contributed by atoms with E-state index < -0.39 is 11.8 Å². The second-order valence-corrected chi connectivity index (χ2v) is 5.26. The van der Waals surface area contributed by atoms with Crippen LogP contribution in [0.1, 0.15) is 21.5 Å². The number of aryl methyl sites for hydroxylation is 1. The monoisotopic (exact) mass is 340 g/mol. The lowest BCUT2D eigenvalue weighted by Crippen LogP contribution is -2.40. The molecule has 6 heteroatoms. The first kappa shape index (κ1) is 18.1. The van der Waals surface area contributed by atoms with Gasteiger partial charge >= 0.3 is 0 Å². The number of benzene rings is 2. The summed E-state index contributed by atoms with van der Waals surface area (Å²) >= 11 is 0. The molecule has 0 saturated heterocycles. The fraction of sp³-hybridized carbons (Fsp3) is 0.158. The van der Waals surface area contributed by atoms with Crippen LogP contribution in [0.15, 0.2) is 48.5 Å². The molecule has 2 rings (SSSR count). The van der Waals surface area contributed by atoms with Gasteiger partial charge in [0, 0.05) is 11.6 Å². The lowest BCUT2D eigenvalue weighted by Gasteiger charge is -2.10. The Kier molecular flexibility index (Phi) is 6.17. The topological polar surface area (TPSA) is 76.7 Å². The van der Waals surface area contributed by atoms with Gasteiger partial charge in [-0.15, -0.1) is 0 Å². The maximum Gasteiger partial charge on any atom is 0.269 e. The van der Waals surface area contributed by atoms with Crippen molar-refractivity contribution in [3.05, 3.63) is 65.2 Å². The third-order valence-electron chi connectivity index (χ3n) is 3.45. The van der Waals surface area contributed by atoms with E-state index >= 15 is 0 Å². The Hall–Kier alpha value is -3.28. The van der Waals surface area contributed by atoms with E-state index in [4.69, 9.17) is 9.47 Å². The normalized spacial score (nSPS) is 10.4. The summed E-state index contributed by atoms with van der Waals surface area (Å²) in [6.45, 7) is 1.99. The summed E-state index contributed by atoms with van der Waals surface area (Å²) in [5, 5.41) is 0. The lowest BCUT2D eigenvalue weighted by molar-refractivity contribution is -0.117. The highest BCUT2D eigenvalue weighted by Gasteiger charge is 2.10. The highest BCUT2D eigenvalue weighted by molar-refractivity contribution is 5.98. The van der Waals surface area contributed by atoms with Crippen molar-refractivity contribution in [2.45, 2.75) is 6.92 Å². The number of rotatable bonds is 5. The van der Waals surface area contributed by atoms with Gasteiger partial charge in [0.05, 0.1) is 14.2 Å². The zero-order chi connectivity index (χ0) is 18.2. The molecule has 0 spiro atoms. The van der Waals surface area contributed by atoms with Crippen molar-refractivity contribution in [2.75, 3.05) is 14.2 Å². The fourth-order valence-corrected chi connectivity index (χ4v) is 2.06. The lowest BCUT2D eigenvalue weighted by atomic mass is 10.1. The van der Waals surface area contributed by atoms with Crippen LogP contribution in [-0.4, -0.2) is 26.0 Å². The van der Waals surface area contributed by atoms with Gasteiger partial charge in [-0.05, 0) is 36.8 Å². The number of nitrogens with one attached hydrogen (secondary N) is 2. The summed E-state index contributed by atoms with van der Waals surface area (Å²) in [5.41, 5.74) is 7.05. The van der Waals surface area contributed by atoms with E-state index in [1.54, 1.807) is 18.2 Å². The quantitative estimate of drug-likeness (QED) is 0.648. The number of amides is 2. The summed E-state index contributed by atoms with van der Waals surface area (Å²) in [6, 6.07) is 12.4. The van der Waals surface area contributed by atoms with E-state index in [2.05, 4.69) is 10.9 Å². The second-order valence-electron chi connectivity index (χ2n) is 5.26. The van der Waals surface area contributed by atoms with Gasteiger partial charge in [-0.25, -0.2) is 0 Å². The third kappa shape index (κ3) is 5.10. The standard InChI is InChI=1S/C19H20N2O4/c1-13-4-6-14(7-5-13)8-11-18(22)20-21-19(23)15-9-10-16(24-2)17(12-15)25-3/h4-12H,1-3H3,(H,20,22)(H,21,23)/b11-8+. The minimum Gasteiger partial charge on any atom is -0.493 e. The predicted molar refractivity (Wildman–Crippen MR) is 95.4 cm³/mol. The van der Waals surface area contributed by atoms with Crippen LogP contribution in [-0.2, 0) is 4.79 Å². The summed E-state index contributed by atoms with van der Waals surface area (Å²) < 4.78 is 10.3. The minimum absolute atomic E-state index is 0.334. The summed E-state index contributed by atoms with van der Waals surface area (Å²) in [7, 11) is 3.00. The number of ether oxygens (including phenoxy) is 2. The van der Waals surface area contributed by atoms with Crippen molar-refractivity contribution in [1.82, 2.24) is 10.9 Å². The Balaban J connectivity index is 1.92. The molecule has 25 heavy (non-hydrogen) atoms. The van der Waals surface area contributed by atoms with Gasteiger partial charge in [-0.1, -0.05) is 29.8 Å². The van der Waals surface area contributed by atoms with Gasteiger partial charge < -0.3 is 9.47 Å². The van der Waals surface area contributed by atoms with Crippen molar-refractivity contribution < 1.29 is 19.1 Å². The average Bonchev–Trinajstić information content (AvgIpc) is 2.64. The molecule has 130 valence electrons. The maximum atomic E-state index is 12.1. The Labute approximate surface area is 146 Å². The molecule has 0 radical (unpaired) electrons. The zero-order valence-corrected chi connectivity index (χ0v) is 14.3. The number of carbonyl (C=O) groups is 2. The Bertz CT molecular complexity index is 783. The van der Waals surface area contributed by atoms with E-state index in [0.717, 1.165) is 11.1 Å². The molecular formula is C19H20N2O4. The van der Waals surface area contributed by atoms with E-state index in [-0.39, 0.29) is 0 Å². The third-order valence-corrected chi connectivity index (χ3v) is 3.45. The molecule has 0 saturated carbocycles. The van der Waals surface area contributed by atoms with Crippen LogP contribution in [0.3, 0.4) is 0 Å². The number of hydrogen-bond acceptors (Lipinski definition) is 4. The molecule has 0 atom stereocenters. The predicted octanol–water partition coefficient (Wildman–Crippen LogP) is 2.49. The highest BCUT2D eigenvalue weighted by atomic mass is 16.5. The molecule has 2 amide bonds. The SMILES string of the molecule is COc1ccc(C(=O)NNC(=O)/C=C/c2ccc(C)cc2)cc1OC. The van der Waals surface area contributed by atoms with Crippen LogP contribution in [0.25, 0.3) is 6.08 Å². The molecule has 0 heterocycles. The molecular weight excluding hydrogens is 320 g/mol. The van der Waals surface area contributed by atoms with E-state index in [0.29, 0.717) is 17.1 Å².